The maximum Gasteiger partial charge on any atom is 0.162 e. The zero-order valence-corrected chi connectivity index (χ0v) is 15.7. The van der Waals surface area contributed by atoms with E-state index in [1.54, 1.807) is 12.4 Å². The minimum atomic E-state index is -0.114. The van der Waals surface area contributed by atoms with E-state index in [0.29, 0.717) is 15.9 Å². The number of unbranched alkanes of at least 4 members (excludes halogenated alkanes) is 1. The number of pyridine rings is 1. The van der Waals surface area contributed by atoms with Gasteiger partial charge in [-0.05, 0) is 24.6 Å². The highest BCUT2D eigenvalue weighted by atomic mass is 35.5. The topological polar surface area (TPSA) is 56.0 Å². The van der Waals surface area contributed by atoms with Crippen LogP contribution >= 0.6 is 23.2 Å². The van der Waals surface area contributed by atoms with E-state index < -0.39 is 0 Å². The Morgan fingerprint density at radius 3 is 2.77 bits per heavy atom. The quantitative estimate of drug-likeness (QED) is 0.590. The molecule has 0 amide bonds. The van der Waals surface area contributed by atoms with E-state index in [2.05, 4.69) is 22.1 Å². The second-order valence-corrected chi connectivity index (χ2v) is 6.97. The molecule has 4 rings (SSSR count). The summed E-state index contributed by atoms with van der Waals surface area (Å²) in [6.45, 7) is 2.16. The lowest BCUT2D eigenvalue weighted by Crippen LogP contribution is -2.10. The monoisotopic (exact) mass is 385 g/mol. The predicted octanol–water partition coefficient (Wildman–Crippen LogP) is 5.05. The van der Waals surface area contributed by atoms with Gasteiger partial charge in [-0.25, -0.2) is 4.98 Å². The molecule has 0 fully saturated rings. The van der Waals surface area contributed by atoms with Crippen molar-refractivity contribution in [1.29, 1.82) is 0 Å². The summed E-state index contributed by atoms with van der Waals surface area (Å²) in [5.74, 6) is 0.811. The molecule has 3 aromatic rings. The van der Waals surface area contributed by atoms with E-state index in [4.69, 9.17) is 28.2 Å². The lowest BCUT2D eigenvalue weighted by Gasteiger charge is -2.12. The molecular formula is C19H17Cl2N5. The first kappa shape index (κ1) is 17.2. The van der Waals surface area contributed by atoms with Crippen LogP contribution in [0.25, 0.3) is 5.69 Å². The first-order valence-corrected chi connectivity index (χ1v) is 9.34. The summed E-state index contributed by atoms with van der Waals surface area (Å²) in [5, 5.41) is 9.47. The second-order valence-electron chi connectivity index (χ2n) is 6.18. The molecule has 1 unspecified atom stereocenters. The largest absolute Gasteiger partial charge is 0.281 e. The summed E-state index contributed by atoms with van der Waals surface area (Å²) in [5.41, 5.74) is 3.11. The fraction of sp³-hybridized carbons (Fsp3) is 0.263. The van der Waals surface area contributed by atoms with Crippen LogP contribution in [0.3, 0.4) is 0 Å². The maximum absolute atomic E-state index is 6.48. The van der Waals surface area contributed by atoms with E-state index in [1.807, 2.05) is 34.9 Å². The van der Waals surface area contributed by atoms with Crippen molar-refractivity contribution in [1.82, 2.24) is 19.7 Å². The highest BCUT2D eigenvalue weighted by molar-refractivity contribution is 6.35. The summed E-state index contributed by atoms with van der Waals surface area (Å²) >= 11 is 12.7. The fourth-order valence-corrected chi connectivity index (χ4v) is 3.54. The van der Waals surface area contributed by atoms with Gasteiger partial charge in [-0.1, -0.05) is 61.2 Å². The number of benzene rings is 1. The summed E-state index contributed by atoms with van der Waals surface area (Å²) in [7, 11) is 0. The van der Waals surface area contributed by atoms with Gasteiger partial charge in [0.2, 0.25) is 0 Å². The lowest BCUT2D eigenvalue weighted by molar-refractivity contribution is 0.571. The van der Waals surface area contributed by atoms with Gasteiger partial charge < -0.3 is 0 Å². The molecule has 0 radical (unpaired) electrons. The van der Waals surface area contributed by atoms with Crippen molar-refractivity contribution >= 4 is 28.9 Å². The van der Waals surface area contributed by atoms with Gasteiger partial charge in [0, 0.05) is 5.56 Å². The van der Waals surface area contributed by atoms with Crippen molar-refractivity contribution in [2.75, 3.05) is 0 Å². The van der Waals surface area contributed by atoms with Crippen molar-refractivity contribution in [3.8, 4) is 5.69 Å². The zero-order valence-electron chi connectivity index (χ0n) is 14.2. The normalized spacial score (nSPS) is 15.8. The molecule has 2 aromatic heterocycles. The first-order valence-electron chi connectivity index (χ1n) is 8.59. The molecule has 26 heavy (non-hydrogen) atoms. The smallest absolute Gasteiger partial charge is 0.162 e. The van der Waals surface area contributed by atoms with Crippen LogP contribution in [0.2, 0.25) is 10.2 Å². The Kier molecular flexibility index (Phi) is 4.74. The van der Waals surface area contributed by atoms with Crippen LogP contribution in [0.5, 0.6) is 0 Å². The van der Waals surface area contributed by atoms with Gasteiger partial charge in [-0.3, -0.25) is 9.56 Å². The number of nitrogens with zero attached hydrogens (tertiary/aromatic N) is 5. The van der Waals surface area contributed by atoms with Crippen molar-refractivity contribution in [3.63, 3.8) is 0 Å². The first-order chi connectivity index (χ1) is 12.7. The Morgan fingerprint density at radius 2 is 1.96 bits per heavy atom. The van der Waals surface area contributed by atoms with E-state index in [9.17, 15) is 0 Å². The Hall–Kier alpha value is -2.24. The van der Waals surface area contributed by atoms with Gasteiger partial charge in [0.1, 0.15) is 23.2 Å². The minimum absolute atomic E-state index is 0.114. The number of aromatic nitrogens is 4. The molecule has 3 heterocycles. The van der Waals surface area contributed by atoms with Crippen LogP contribution in [-0.4, -0.2) is 25.5 Å². The Bertz CT molecular complexity index is 980. The van der Waals surface area contributed by atoms with Gasteiger partial charge in [-0.2, -0.15) is 0 Å². The highest BCUT2D eigenvalue weighted by Gasteiger charge is 2.28. The molecule has 0 N–H and O–H groups in total. The number of hydrogen-bond donors (Lipinski definition) is 0. The van der Waals surface area contributed by atoms with Gasteiger partial charge >= 0.3 is 0 Å². The predicted molar refractivity (Wildman–Crippen MR) is 104 cm³/mol. The fourth-order valence-electron chi connectivity index (χ4n) is 3.17. The van der Waals surface area contributed by atoms with Crippen LogP contribution in [0, 0.1) is 0 Å². The number of aliphatic imine (C=N–C) groups is 1. The molecule has 1 atom stereocenters. The third kappa shape index (κ3) is 3.02. The van der Waals surface area contributed by atoms with Gasteiger partial charge in [0.05, 0.1) is 16.4 Å². The van der Waals surface area contributed by atoms with Crippen molar-refractivity contribution in [3.05, 3.63) is 70.0 Å². The molecule has 132 valence electrons. The number of fused-ring (bicyclic) bond motifs is 3. The minimum Gasteiger partial charge on any atom is -0.281 e. The van der Waals surface area contributed by atoms with E-state index in [-0.39, 0.29) is 6.04 Å². The van der Waals surface area contributed by atoms with Crippen molar-refractivity contribution in [2.45, 2.75) is 32.2 Å². The lowest BCUT2D eigenvalue weighted by atomic mass is 10.0. The molecule has 0 saturated heterocycles. The Labute approximate surface area is 161 Å². The van der Waals surface area contributed by atoms with Crippen LogP contribution in [0.15, 0.2) is 47.7 Å². The number of hydrogen-bond acceptors (Lipinski definition) is 4. The molecule has 0 bridgehead atoms. The summed E-state index contributed by atoms with van der Waals surface area (Å²) in [4.78, 5) is 9.59. The average Bonchev–Trinajstić information content (AvgIpc) is 3.08. The molecular weight excluding hydrogens is 369 g/mol. The molecule has 0 aliphatic carbocycles. The summed E-state index contributed by atoms with van der Waals surface area (Å²) < 4.78 is 1.95. The van der Waals surface area contributed by atoms with E-state index in [1.165, 1.54) is 0 Å². The molecule has 0 saturated carbocycles. The molecule has 1 aliphatic rings. The Balaban J connectivity index is 1.98. The maximum atomic E-state index is 6.48. The van der Waals surface area contributed by atoms with Crippen LogP contribution in [-0.2, 0) is 0 Å². The Morgan fingerprint density at radius 1 is 1.12 bits per heavy atom. The van der Waals surface area contributed by atoms with Crippen LogP contribution in [0.4, 0.5) is 0 Å². The molecule has 7 heteroatoms. The molecule has 1 aliphatic heterocycles. The van der Waals surface area contributed by atoms with Gasteiger partial charge in [-0.15, -0.1) is 10.2 Å². The van der Waals surface area contributed by atoms with E-state index >= 15 is 0 Å². The highest BCUT2D eigenvalue weighted by Crippen LogP contribution is 2.33. The van der Waals surface area contributed by atoms with Crippen LogP contribution < -0.4 is 0 Å². The number of rotatable bonds is 4. The number of halogens is 2. The van der Waals surface area contributed by atoms with Gasteiger partial charge in [0.25, 0.3) is 0 Å². The molecule has 0 spiro atoms. The standard InChI is InChI=1S/C19H17Cl2N5/c1-2-3-8-14-19-25-22-11-26(19)15-9-10-16(21)24-18(15)17(23-14)12-6-4-5-7-13(12)20/h4-7,9-11,14H,2-3,8H2,1H3. The van der Waals surface area contributed by atoms with E-state index in [0.717, 1.165) is 42.0 Å². The third-order valence-electron chi connectivity index (χ3n) is 4.44. The SMILES string of the molecule is CCCCC1N=C(c2ccccc2Cl)c2nc(Cl)ccc2-n2cnnc21. The second kappa shape index (κ2) is 7.17. The molecule has 1 aromatic carbocycles. The third-order valence-corrected chi connectivity index (χ3v) is 4.98. The van der Waals surface area contributed by atoms with Gasteiger partial charge in [0.15, 0.2) is 5.82 Å². The van der Waals surface area contributed by atoms with Crippen LogP contribution in [0.1, 0.15) is 49.3 Å². The van der Waals surface area contributed by atoms with Crippen molar-refractivity contribution < 1.29 is 0 Å². The van der Waals surface area contributed by atoms with Crippen molar-refractivity contribution in [2.24, 2.45) is 4.99 Å². The zero-order chi connectivity index (χ0) is 18.1. The summed E-state index contributed by atoms with van der Waals surface area (Å²) in [6, 6.07) is 11.2. The average molecular weight is 386 g/mol. The molecule has 5 nitrogen and oxygen atoms in total. The summed E-state index contributed by atoms with van der Waals surface area (Å²) in [6.07, 6.45) is 4.71.